The van der Waals surface area contributed by atoms with E-state index in [0.717, 1.165) is 11.3 Å². The first-order valence-electron chi connectivity index (χ1n) is 5.88. The number of ether oxygens (including phenoxy) is 1. The van der Waals surface area contributed by atoms with Crippen LogP contribution in [0, 0.1) is 5.82 Å². The summed E-state index contributed by atoms with van der Waals surface area (Å²) in [5.41, 5.74) is 0.925. The summed E-state index contributed by atoms with van der Waals surface area (Å²) < 4.78 is 18.7. The Morgan fingerprint density at radius 2 is 2.35 bits per heavy atom. The molecule has 94 valence electrons. The number of halogens is 1. The van der Waals surface area contributed by atoms with Gasteiger partial charge in [0.25, 0.3) is 0 Å². The summed E-state index contributed by atoms with van der Waals surface area (Å²) in [6, 6.07) is 4.89. The third-order valence-electron chi connectivity index (χ3n) is 3.17. The summed E-state index contributed by atoms with van der Waals surface area (Å²) in [7, 11) is 3.55. The Labute approximate surface area is 106 Å². The topological polar surface area (TPSA) is 21.3 Å². The van der Waals surface area contributed by atoms with Crippen LogP contribution in [0.1, 0.15) is 24.4 Å². The average Bonchev–Trinajstić information content (AvgIpc) is 2.84. The zero-order valence-corrected chi connectivity index (χ0v) is 11.0. The summed E-state index contributed by atoms with van der Waals surface area (Å²) in [6.45, 7) is 0. The molecule has 0 saturated carbocycles. The second-order valence-electron chi connectivity index (χ2n) is 4.20. The maximum Gasteiger partial charge on any atom is 0.123 e. The molecule has 0 bridgehead atoms. The largest absolute Gasteiger partial charge is 0.496 e. The normalized spacial score (nSPS) is 21.5. The molecule has 2 rings (SSSR count). The number of hydrogen-bond donors (Lipinski definition) is 1. The second kappa shape index (κ2) is 5.74. The van der Waals surface area contributed by atoms with Crippen LogP contribution in [0.4, 0.5) is 4.39 Å². The Kier molecular flexibility index (Phi) is 4.29. The van der Waals surface area contributed by atoms with Gasteiger partial charge in [-0.3, -0.25) is 0 Å². The summed E-state index contributed by atoms with van der Waals surface area (Å²) >= 11 is 1.95. The van der Waals surface area contributed by atoms with E-state index in [9.17, 15) is 4.39 Å². The van der Waals surface area contributed by atoms with E-state index in [1.807, 2.05) is 18.8 Å². The number of benzene rings is 1. The van der Waals surface area contributed by atoms with Crippen molar-refractivity contribution in [2.75, 3.05) is 19.9 Å². The molecule has 1 fully saturated rings. The van der Waals surface area contributed by atoms with Crippen LogP contribution in [0.5, 0.6) is 5.75 Å². The molecular formula is C13H18FNOS. The third-order valence-corrected chi connectivity index (χ3v) is 4.63. The van der Waals surface area contributed by atoms with Gasteiger partial charge in [0.15, 0.2) is 0 Å². The molecule has 0 radical (unpaired) electrons. The minimum atomic E-state index is -0.205. The van der Waals surface area contributed by atoms with Gasteiger partial charge in [0.2, 0.25) is 0 Å². The molecule has 2 nitrogen and oxygen atoms in total. The zero-order valence-electron chi connectivity index (χ0n) is 10.2. The maximum atomic E-state index is 13.4. The molecule has 4 heteroatoms. The Hall–Kier alpha value is -0.740. The quantitative estimate of drug-likeness (QED) is 0.893. The van der Waals surface area contributed by atoms with Crippen LogP contribution in [-0.2, 0) is 0 Å². The highest BCUT2D eigenvalue weighted by atomic mass is 32.2. The zero-order chi connectivity index (χ0) is 12.3. The molecular weight excluding hydrogens is 237 g/mol. The van der Waals surface area contributed by atoms with Gasteiger partial charge < -0.3 is 10.1 Å². The van der Waals surface area contributed by atoms with Crippen molar-refractivity contribution >= 4 is 11.8 Å². The van der Waals surface area contributed by atoms with Crippen molar-refractivity contribution in [3.05, 3.63) is 29.6 Å². The molecule has 0 spiro atoms. The number of nitrogens with one attached hydrogen (secondary N) is 1. The molecule has 1 aliphatic heterocycles. The van der Waals surface area contributed by atoms with Gasteiger partial charge in [-0.05, 0) is 43.8 Å². The standard InChI is InChI=1S/C13H18FNOS/c1-15-13(12-4-3-7-17-12)10-8-9(14)5-6-11(10)16-2/h5-6,8,12-13,15H,3-4,7H2,1-2H3. The smallest absolute Gasteiger partial charge is 0.123 e. The molecule has 1 aromatic carbocycles. The van der Waals surface area contributed by atoms with E-state index in [4.69, 9.17) is 4.74 Å². The highest BCUT2D eigenvalue weighted by molar-refractivity contribution is 8.00. The van der Waals surface area contributed by atoms with E-state index in [-0.39, 0.29) is 11.9 Å². The Morgan fingerprint density at radius 3 is 2.94 bits per heavy atom. The number of hydrogen-bond acceptors (Lipinski definition) is 3. The fourth-order valence-corrected chi connectivity index (χ4v) is 3.80. The van der Waals surface area contributed by atoms with Crippen molar-refractivity contribution in [1.82, 2.24) is 5.32 Å². The van der Waals surface area contributed by atoms with Crippen molar-refractivity contribution < 1.29 is 9.13 Å². The van der Waals surface area contributed by atoms with E-state index in [0.29, 0.717) is 5.25 Å². The number of rotatable bonds is 4. The molecule has 1 aliphatic rings. The minimum absolute atomic E-state index is 0.160. The summed E-state index contributed by atoms with van der Waals surface area (Å²) in [6.07, 6.45) is 2.42. The minimum Gasteiger partial charge on any atom is -0.496 e. The van der Waals surface area contributed by atoms with Gasteiger partial charge in [-0.15, -0.1) is 0 Å². The Bertz CT molecular complexity index is 380. The molecule has 2 unspecified atom stereocenters. The Morgan fingerprint density at radius 1 is 1.53 bits per heavy atom. The van der Waals surface area contributed by atoms with Crippen LogP contribution >= 0.6 is 11.8 Å². The molecule has 0 aliphatic carbocycles. The lowest BCUT2D eigenvalue weighted by Crippen LogP contribution is -2.26. The summed E-state index contributed by atoms with van der Waals surface area (Å²) in [4.78, 5) is 0. The Balaban J connectivity index is 2.31. The van der Waals surface area contributed by atoms with Gasteiger partial charge in [0.05, 0.1) is 7.11 Å². The van der Waals surface area contributed by atoms with E-state index >= 15 is 0 Å². The van der Waals surface area contributed by atoms with Crippen LogP contribution < -0.4 is 10.1 Å². The molecule has 0 amide bonds. The van der Waals surface area contributed by atoms with Gasteiger partial charge >= 0.3 is 0 Å². The lowest BCUT2D eigenvalue weighted by molar-refractivity contribution is 0.397. The predicted octanol–water partition coefficient (Wildman–Crippen LogP) is 2.99. The molecule has 1 N–H and O–H groups in total. The molecule has 1 aromatic rings. The van der Waals surface area contributed by atoms with Crippen molar-refractivity contribution in [1.29, 1.82) is 0 Å². The van der Waals surface area contributed by atoms with Gasteiger partial charge in [-0.25, -0.2) is 4.39 Å². The van der Waals surface area contributed by atoms with Crippen LogP contribution in [0.25, 0.3) is 0 Å². The summed E-state index contributed by atoms with van der Waals surface area (Å²) in [5.74, 6) is 1.75. The van der Waals surface area contributed by atoms with E-state index in [1.165, 1.54) is 24.7 Å². The predicted molar refractivity (Wildman–Crippen MR) is 70.2 cm³/mol. The van der Waals surface area contributed by atoms with Crippen molar-refractivity contribution in [2.24, 2.45) is 0 Å². The van der Waals surface area contributed by atoms with Crippen molar-refractivity contribution in [3.63, 3.8) is 0 Å². The first-order valence-corrected chi connectivity index (χ1v) is 6.93. The highest BCUT2D eigenvalue weighted by Crippen LogP contribution is 2.38. The fraction of sp³-hybridized carbons (Fsp3) is 0.538. The van der Waals surface area contributed by atoms with Crippen molar-refractivity contribution in [2.45, 2.75) is 24.1 Å². The second-order valence-corrected chi connectivity index (χ2v) is 5.55. The van der Waals surface area contributed by atoms with Crippen LogP contribution in [0.3, 0.4) is 0 Å². The number of methoxy groups -OCH3 is 1. The van der Waals surface area contributed by atoms with E-state index in [2.05, 4.69) is 5.32 Å². The highest BCUT2D eigenvalue weighted by Gasteiger charge is 2.28. The fourth-order valence-electron chi connectivity index (χ4n) is 2.36. The first-order chi connectivity index (χ1) is 8.26. The van der Waals surface area contributed by atoms with Gasteiger partial charge in [0, 0.05) is 16.9 Å². The molecule has 2 atom stereocenters. The van der Waals surface area contributed by atoms with E-state index < -0.39 is 0 Å². The van der Waals surface area contributed by atoms with Crippen LogP contribution in [0.2, 0.25) is 0 Å². The molecule has 17 heavy (non-hydrogen) atoms. The number of thioether (sulfide) groups is 1. The van der Waals surface area contributed by atoms with Gasteiger partial charge in [0.1, 0.15) is 11.6 Å². The first kappa shape index (κ1) is 12.7. The van der Waals surface area contributed by atoms with Gasteiger partial charge in [-0.2, -0.15) is 11.8 Å². The third kappa shape index (κ3) is 2.75. The lowest BCUT2D eigenvalue weighted by Gasteiger charge is -2.24. The maximum absolute atomic E-state index is 13.4. The van der Waals surface area contributed by atoms with E-state index in [1.54, 1.807) is 19.2 Å². The van der Waals surface area contributed by atoms with Crippen molar-refractivity contribution in [3.8, 4) is 5.75 Å². The summed E-state index contributed by atoms with van der Waals surface area (Å²) in [5, 5.41) is 3.80. The monoisotopic (exact) mass is 255 g/mol. The average molecular weight is 255 g/mol. The molecule has 1 saturated heterocycles. The van der Waals surface area contributed by atoms with Gasteiger partial charge in [-0.1, -0.05) is 0 Å². The molecule has 1 heterocycles. The lowest BCUT2D eigenvalue weighted by atomic mass is 10.00. The molecule has 0 aromatic heterocycles. The SMILES string of the molecule is CNC(c1cc(F)ccc1OC)C1CCCS1. The van der Waals surface area contributed by atoms with Crippen LogP contribution in [-0.4, -0.2) is 25.2 Å². The van der Waals surface area contributed by atoms with Crippen LogP contribution in [0.15, 0.2) is 18.2 Å².